The molecule has 1 N–H and O–H groups in total. The van der Waals surface area contributed by atoms with Gasteiger partial charge in [0.1, 0.15) is 11.6 Å². The van der Waals surface area contributed by atoms with E-state index < -0.39 is 0 Å². The summed E-state index contributed by atoms with van der Waals surface area (Å²) in [4.78, 5) is 21.1. The van der Waals surface area contributed by atoms with Crippen LogP contribution in [0.15, 0.2) is 73.1 Å². The molecule has 1 unspecified atom stereocenters. The lowest BCUT2D eigenvalue weighted by Gasteiger charge is -2.12. The molecule has 0 fully saturated rings. The predicted octanol–water partition coefficient (Wildman–Crippen LogP) is 5.78. The van der Waals surface area contributed by atoms with Gasteiger partial charge in [0.15, 0.2) is 0 Å². The minimum Gasteiger partial charge on any atom is -0.494 e. The smallest absolute Gasteiger partial charge is 0.252 e. The third-order valence-corrected chi connectivity index (χ3v) is 6.38. The molecule has 0 aliphatic heterocycles. The van der Waals surface area contributed by atoms with Crippen molar-refractivity contribution in [2.24, 2.45) is 0 Å². The fraction of sp³-hybridized carbons (Fsp3) is 0.345. The fourth-order valence-electron chi connectivity index (χ4n) is 4.15. The van der Waals surface area contributed by atoms with Crippen molar-refractivity contribution in [2.75, 3.05) is 13.2 Å². The summed E-state index contributed by atoms with van der Waals surface area (Å²) in [5.74, 6) is 2.43. The number of aromatic nitrogens is 3. The lowest BCUT2D eigenvalue weighted by molar-refractivity contribution is 0.0952. The Kier molecular flexibility index (Phi) is 8.49. The van der Waals surface area contributed by atoms with Gasteiger partial charge in [-0.15, -0.1) is 0 Å². The summed E-state index contributed by atoms with van der Waals surface area (Å²) in [6.45, 7) is 6.53. The van der Waals surface area contributed by atoms with Gasteiger partial charge in [-0.05, 0) is 67.1 Å². The van der Waals surface area contributed by atoms with Gasteiger partial charge < -0.3 is 14.6 Å². The molecule has 6 nitrogen and oxygen atoms in total. The van der Waals surface area contributed by atoms with Crippen LogP contribution in [0, 0.1) is 0 Å². The molecule has 2 heterocycles. The quantitative estimate of drug-likeness (QED) is 0.267. The molecular formula is C29H34N4O2. The minimum absolute atomic E-state index is 0.0964. The van der Waals surface area contributed by atoms with Crippen molar-refractivity contribution < 1.29 is 9.53 Å². The number of carbonyl (C=O) groups excluding carboxylic acids is 1. The van der Waals surface area contributed by atoms with Crippen LogP contribution in [0.5, 0.6) is 5.75 Å². The van der Waals surface area contributed by atoms with Crippen LogP contribution in [0.4, 0.5) is 0 Å². The van der Waals surface area contributed by atoms with Gasteiger partial charge in [-0.3, -0.25) is 9.78 Å². The molecule has 1 atom stereocenters. The van der Waals surface area contributed by atoms with E-state index in [0.29, 0.717) is 24.6 Å². The first-order chi connectivity index (χ1) is 17.2. The second-order valence-electron chi connectivity index (χ2n) is 8.85. The molecule has 0 saturated heterocycles. The summed E-state index contributed by atoms with van der Waals surface area (Å²) in [7, 11) is 0. The van der Waals surface area contributed by atoms with E-state index in [1.165, 1.54) is 5.56 Å². The van der Waals surface area contributed by atoms with Crippen molar-refractivity contribution in [3.8, 4) is 5.75 Å². The highest BCUT2D eigenvalue weighted by molar-refractivity contribution is 5.93. The number of pyridine rings is 1. The van der Waals surface area contributed by atoms with Crippen LogP contribution in [-0.4, -0.2) is 33.6 Å². The molecule has 0 aliphatic rings. The number of nitrogens with zero attached hydrogens (tertiary/aromatic N) is 3. The highest BCUT2D eigenvalue weighted by atomic mass is 16.5. The summed E-state index contributed by atoms with van der Waals surface area (Å²) in [6, 6.07) is 20.2. The van der Waals surface area contributed by atoms with Crippen LogP contribution in [0.25, 0.3) is 11.0 Å². The third kappa shape index (κ3) is 6.47. The Morgan fingerprint density at radius 3 is 2.66 bits per heavy atom. The zero-order chi connectivity index (χ0) is 24.5. The van der Waals surface area contributed by atoms with Gasteiger partial charge in [-0.2, -0.15) is 0 Å². The Hall–Kier alpha value is -3.67. The molecule has 0 saturated carbocycles. The number of ether oxygens (including phenoxy) is 1. The first-order valence-corrected chi connectivity index (χ1v) is 12.5. The average molecular weight is 471 g/mol. The van der Waals surface area contributed by atoms with Crippen LogP contribution >= 0.6 is 0 Å². The molecule has 0 bridgehead atoms. The van der Waals surface area contributed by atoms with Crippen LogP contribution < -0.4 is 10.1 Å². The van der Waals surface area contributed by atoms with E-state index in [9.17, 15) is 4.79 Å². The Labute approximate surface area is 207 Å². The average Bonchev–Trinajstić information content (AvgIpc) is 3.26. The summed E-state index contributed by atoms with van der Waals surface area (Å²) in [6.07, 6.45) is 6.87. The number of nitrogens with one attached hydrogen (secondary N) is 1. The highest BCUT2D eigenvalue weighted by Gasteiger charge is 2.11. The van der Waals surface area contributed by atoms with Gasteiger partial charge in [0, 0.05) is 31.9 Å². The number of amides is 1. The molecule has 2 aromatic heterocycles. The van der Waals surface area contributed by atoms with E-state index in [-0.39, 0.29) is 5.91 Å². The number of hydrogen-bond acceptors (Lipinski definition) is 4. The van der Waals surface area contributed by atoms with Gasteiger partial charge in [0.2, 0.25) is 0 Å². The number of fused-ring (bicyclic) bond motifs is 1. The zero-order valence-corrected chi connectivity index (χ0v) is 20.6. The van der Waals surface area contributed by atoms with Crippen molar-refractivity contribution in [2.45, 2.75) is 52.0 Å². The number of benzene rings is 2. The van der Waals surface area contributed by atoms with Crippen molar-refractivity contribution in [1.82, 2.24) is 19.9 Å². The maximum Gasteiger partial charge on any atom is 0.252 e. The molecule has 1 amide bonds. The minimum atomic E-state index is -0.0964. The van der Waals surface area contributed by atoms with Crippen LogP contribution in [0.3, 0.4) is 0 Å². The molecular weight excluding hydrogens is 436 g/mol. The van der Waals surface area contributed by atoms with E-state index in [2.05, 4.69) is 65.1 Å². The molecule has 182 valence electrons. The summed E-state index contributed by atoms with van der Waals surface area (Å²) in [5, 5.41) is 2.97. The number of carbonyl (C=O) groups is 1. The molecule has 0 spiro atoms. The van der Waals surface area contributed by atoms with E-state index in [1.807, 2.05) is 12.1 Å². The monoisotopic (exact) mass is 470 g/mol. The molecule has 0 aliphatic carbocycles. The number of hydrogen-bond donors (Lipinski definition) is 1. The SMILES string of the molecule is CCC(C)c1ccc(OCCCn2c(CCCNC(=O)c3cccnc3)nc3ccccc32)cc1. The first kappa shape index (κ1) is 24.5. The van der Waals surface area contributed by atoms with Crippen molar-refractivity contribution in [3.05, 3.63) is 90.0 Å². The number of para-hydroxylation sites is 2. The van der Waals surface area contributed by atoms with Gasteiger partial charge >= 0.3 is 0 Å². The molecule has 4 aromatic rings. The molecule has 4 rings (SSSR count). The molecule has 0 radical (unpaired) electrons. The number of aryl methyl sites for hydroxylation is 2. The molecule has 35 heavy (non-hydrogen) atoms. The summed E-state index contributed by atoms with van der Waals surface area (Å²) in [5.41, 5.74) is 4.07. The predicted molar refractivity (Wildman–Crippen MR) is 140 cm³/mol. The van der Waals surface area contributed by atoms with Gasteiger partial charge in [0.05, 0.1) is 23.2 Å². The fourth-order valence-corrected chi connectivity index (χ4v) is 4.15. The highest BCUT2D eigenvalue weighted by Crippen LogP contribution is 2.22. The van der Waals surface area contributed by atoms with Crippen molar-refractivity contribution >= 4 is 16.9 Å². The maximum absolute atomic E-state index is 12.2. The molecule has 6 heteroatoms. The van der Waals surface area contributed by atoms with E-state index in [0.717, 1.165) is 54.8 Å². The lowest BCUT2D eigenvalue weighted by Crippen LogP contribution is -2.25. The second-order valence-corrected chi connectivity index (χ2v) is 8.85. The van der Waals surface area contributed by atoms with Gasteiger partial charge in [0.25, 0.3) is 5.91 Å². The summed E-state index contributed by atoms with van der Waals surface area (Å²) < 4.78 is 8.29. The normalized spacial score (nSPS) is 11.9. The zero-order valence-electron chi connectivity index (χ0n) is 20.6. The standard InChI is InChI=1S/C29H34N4O2/c1-3-22(2)23-13-15-25(16-14-23)35-20-8-19-33-27-11-5-4-10-26(27)32-28(33)12-7-18-31-29(34)24-9-6-17-30-21-24/h4-6,9-11,13-17,21-22H,3,7-8,12,18-20H2,1-2H3,(H,31,34). The summed E-state index contributed by atoms with van der Waals surface area (Å²) >= 11 is 0. The first-order valence-electron chi connectivity index (χ1n) is 12.5. The molecule has 2 aromatic carbocycles. The van der Waals surface area contributed by atoms with Crippen molar-refractivity contribution in [1.29, 1.82) is 0 Å². The Morgan fingerprint density at radius 1 is 1.06 bits per heavy atom. The largest absolute Gasteiger partial charge is 0.494 e. The van der Waals surface area contributed by atoms with E-state index >= 15 is 0 Å². The van der Waals surface area contributed by atoms with Crippen molar-refractivity contribution in [3.63, 3.8) is 0 Å². The van der Waals surface area contributed by atoms with Crippen LogP contribution in [-0.2, 0) is 13.0 Å². The van der Waals surface area contributed by atoms with Crippen LogP contribution in [0.2, 0.25) is 0 Å². The third-order valence-electron chi connectivity index (χ3n) is 6.38. The van der Waals surface area contributed by atoms with Gasteiger partial charge in [-0.25, -0.2) is 4.98 Å². The lowest BCUT2D eigenvalue weighted by atomic mass is 9.99. The second kappa shape index (κ2) is 12.2. The maximum atomic E-state index is 12.2. The van der Waals surface area contributed by atoms with Gasteiger partial charge in [-0.1, -0.05) is 38.1 Å². The Bertz CT molecular complexity index is 1220. The number of rotatable bonds is 12. The number of imidazole rings is 1. The van der Waals surface area contributed by atoms with E-state index in [4.69, 9.17) is 9.72 Å². The Morgan fingerprint density at radius 2 is 1.89 bits per heavy atom. The van der Waals surface area contributed by atoms with E-state index in [1.54, 1.807) is 24.5 Å². The van der Waals surface area contributed by atoms with Crippen LogP contribution in [0.1, 0.15) is 60.8 Å². The topological polar surface area (TPSA) is 69.0 Å². The Balaban J connectivity index is 1.30.